The molecule has 30 heavy (non-hydrogen) atoms. The summed E-state index contributed by atoms with van der Waals surface area (Å²) in [7, 11) is 0. The lowest BCUT2D eigenvalue weighted by Crippen LogP contribution is -2.12. The summed E-state index contributed by atoms with van der Waals surface area (Å²) in [6.45, 7) is 1.40. The average molecular weight is 416 g/mol. The molecule has 0 saturated carbocycles. The Hall–Kier alpha value is -3.21. The van der Waals surface area contributed by atoms with Crippen LogP contribution >= 0.6 is 11.6 Å². The van der Waals surface area contributed by atoms with E-state index >= 15 is 0 Å². The first-order valence-corrected chi connectivity index (χ1v) is 10.2. The Kier molecular flexibility index (Phi) is 4.95. The van der Waals surface area contributed by atoms with Crippen molar-refractivity contribution in [2.75, 3.05) is 0 Å². The van der Waals surface area contributed by atoms with Crippen molar-refractivity contribution in [3.63, 3.8) is 0 Å². The van der Waals surface area contributed by atoms with E-state index in [4.69, 9.17) is 11.6 Å². The maximum Gasteiger partial charge on any atom is 0.132 e. The molecule has 0 bridgehead atoms. The molecule has 0 aliphatic heterocycles. The second-order valence-electron chi connectivity index (χ2n) is 7.24. The number of aromatic nitrogens is 2. The molecule has 148 valence electrons. The van der Waals surface area contributed by atoms with Gasteiger partial charge in [-0.1, -0.05) is 54.1 Å². The first-order valence-electron chi connectivity index (χ1n) is 9.79. The van der Waals surface area contributed by atoms with Crippen LogP contribution in [0.2, 0.25) is 5.02 Å². The van der Waals surface area contributed by atoms with Crippen LogP contribution in [0.5, 0.6) is 0 Å². The monoisotopic (exact) mass is 415 g/mol. The van der Waals surface area contributed by atoms with E-state index in [9.17, 15) is 4.39 Å². The Labute approximate surface area is 178 Å². The zero-order chi connectivity index (χ0) is 20.5. The summed E-state index contributed by atoms with van der Waals surface area (Å²) in [5.74, 6) is -0.250. The Morgan fingerprint density at radius 2 is 1.67 bits per heavy atom. The van der Waals surface area contributed by atoms with E-state index in [1.54, 1.807) is 12.1 Å². The molecule has 0 radical (unpaired) electrons. The summed E-state index contributed by atoms with van der Waals surface area (Å²) in [4.78, 5) is 4.60. The molecule has 0 aliphatic carbocycles. The molecule has 0 fully saturated rings. The van der Waals surface area contributed by atoms with E-state index in [2.05, 4.69) is 26.8 Å². The standard InChI is InChI=1S/C25H19ClFN3/c26-19-10-11-23-22(13-19)29-16-25-18(15-28-14-17-6-2-1-3-7-17)12-24(30(23)25)20-8-4-5-9-21(20)27/h1-13,16,28H,14-15H2. The number of nitrogens with one attached hydrogen (secondary N) is 1. The van der Waals surface area contributed by atoms with Crippen molar-refractivity contribution in [2.24, 2.45) is 0 Å². The van der Waals surface area contributed by atoms with E-state index in [1.165, 1.54) is 11.6 Å². The highest BCUT2D eigenvalue weighted by Crippen LogP contribution is 2.31. The number of nitrogens with zero attached hydrogens (tertiary/aromatic N) is 2. The summed E-state index contributed by atoms with van der Waals surface area (Å²) in [5, 5.41) is 4.11. The quantitative estimate of drug-likeness (QED) is 0.368. The molecule has 5 heteroatoms. The van der Waals surface area contributed by atoms with Crippen molar-refractivity contribution in [3.05, 3.63) is 107 Å². The van der Waals surface area contributed by atoms with Gasteiger partial charge >= 0.3 is 0 Å². The second kappa shape index (κ2) is 7.90. The van der Waals surface area contributed by atoms with Crippen LogP contribution < -0.4 is 5.32 Å². The van der Waals surface area contributed by atoms with Crippen molar-refractivity contribution >= 4 is 28.2 Å². The Morgan fingerprint density at radius 1 is 0.867 bits per heavy atom. The lowest BCUT2D eigenvalue weighted by atomic mass is 10.1. The van der Waals surface area contributed by atoms with Gasteiger partial charge in [0.05, 0.1) is 28.4 Å². The number of hydrogen-bond donors (Lipinski definition) is 1. The third kappa shape index (κ3) is 3.45. The van der Waals surface area contributed by atoms with Gasteiger partial charge in [-0.15, -0.1) is 0 Å². The highest BCUT2D eigenvalue weighted by Gasteiger charge is 2.16. The number of fused-ring (bicyclic) bond motifs is 3. The highest BCUT2D eigenvalue weighted by atomic mass is 35.5. The van der Waals surface area contributed by atoms with Crippen LogP contribution in [0, 0.1) is 5.82 Å². The first kappa shape index (κ1) is 18.8. The van der Waals surface area contributed by atoms with Gasteiger partial charge in [0.1, 0.15) is 5.82 Å². The van der Waals surface area contributed by atoms with Crippen LogP contribution in [0.3, 0.4) is 0 Å². The number of halogens is 2. The molecular formula is C25H19ClFN3. The fourth-order valence-electron chi connectivity index (χ4n) is 3.84. The lowest BCUT2D eigenvalue weighted by Gasteiger charge is -2.09. The predicted molar refractivity (Wildman–Crippen MR) is 120 cm³/mol. The normalized spacial score (nSPS) is 11.4. The molecule has 0 unspecified atom stereocenters. The molecule has 2 aromatic heterocycles. The van der Waals surface area contributed by atoms with E-state index in [0.29, 0.717) is 17.1 Å². The minimum Gasteiger partial charge on any atom is -0.309 e. The number of rotatable bonds is 5. The van der Waals surface area contributed by atoms with E-state index in [1.807, 2.05) is 54.7 Å². The summed E-state index contributed by atoms with van der Waals surface area (Å²) in [6, 6.07) is 24.7. The first-order chi connectivity index (χ1) is 14.7. The predicted octanol–water partition coefficient (Wildman–Crippen LogP) is 6.24. The van der Waals surface area contributed by atoms with Crippen LogP contribution in [0.4, 0.5) is 4.39 Å². The Bertz CT molecular complexity index is 1350. The van der Waals surface area contributed by atoms with Crippen LogP contribution in [0.25, 0.3) is 27.8 Å². The molecule has 0 aliphatic rings. The van der Waals surface area contributed by atoms with E-state index in [-0.39, 0.29) is 5.82 Å². The van der Waals surface area contributed by atoms with Crippen molar-refractivity contribution in [1.29, 1.82) is 0 Å². The molecule has 0 amide bonds. The summed E-state index contributed by atoms with van der Waals surface area (Å²) in [6.07, 6.45) is 1.84. The molecule has 0 spiro atoms. The summed E-state index contributed by atoms with van der Waals surface area (Å²) in [5.41, 5.74) is 6.25. The molecule has 1 N–H and O–H groups in total. The number of hydrogen-bond acceptors (Lipinski definition) is 2. The molecule has 3 aromatic carbocycles. The summed E-state index contributed by atoms with van der Waals surface area (Å²) >= 11 is 6.16. The third-order valence-corrected chi connectivity index (χ3v) is 5.50. The van der Waals surface area contributed by atoms with Crippen molar-refractivity contribution in [3.8, 4) is 11.3 Å². The van der Waals surface area contributed by atoms with Gasteiger partial charge < -0.3 is 9.72 Å². The van der Waals surface area contributed by atoms with E-state index < -0.39 is 0 Å². The van der Waals surface area contributed by atoms with Gasteiger partial charge in [-0.05, 0) is 47.5 Å². The van der Waals surface area contributed by atoms with Crippen LogP contribution in [0.15, 0.2) is 85.1 Å². The Balaban J connectivity index is 1.63. The van der Waals surface area contributed by atoms with Gasteiger partial charge in [0.15, 0.2) is 0 Å². The zero-order valence-electron chi connectivity index (χ0n) is 16.1. The topological polar surface area (TPSA) is 29.3 Å². The molecule has 0 atom stereocenters. The SMILES string of the molecule is Fc1ccccc1-c1cc(CNCc2ccccc2)c2cnc3cc(Cl)ccc3n12. The average Bonchev–Trinajstić information content (AvgIpc) is 3.13. The van der Waals surface area contributed by atoms with Crippen molar-refractivity contribution in [2.45, 2.75) is 13.1 Å². The fraction of sp³-hybridized carbons (Fsp3) is 0.0800. The van der Waals surface area contributed by atoms with Gasteiger partial charge in [0.25, 0.3) is 0 Å². The van der Waals surface area contributed by atoms with Gasteiger partial charge in [-0.25, -0.2) is 4.39 Å². The minimum absolute atomic E-state index is 0.250. The van der Waals surface area contributed by atoms with Gasteiger partial charge in [-0.2, -0.15) is 0 Å². The van der Waals surface area contributed by atoms with Gasteiger partial charge in [0, 0.05) is 23.7 Å². The molecule has 0 saturated heterocycles. The molecule has 2 heterocycles. The second-order valence-corrected chi connectivity index (χ2v) is 7.67. The summed E-state index contributed by atoms with van der Waals surface area (Å²) < 4.78 is 16.8. The smallest absolute Gasteiger partial charge is 0.132 e. The number of benzene rings is 3. The molecule has 5 rings (SSSR count). The zero-order valence-corrected chi connectivity index (χ0v) is 16.9. The van der Waals surface area contributed by atoms with Crippen LogP contribution in [-0.2, 0) is 13.1 Å². The molecular weight excluding hydrogens is 397 g/mol. The maximum atomic E-state index is 14.7. The maximum absolute atomic E-state index is 14.7. The highest BCUT2D eigenvalue weighted by molar-refractivity contribution is 6.31. The fourth-order valence-corrected chi connectivity index (χ4v) is 4.01. The van der Waals surface area contributed by atoms with Gasteiger partial charge in [0.2, 0.25) is 0 Å². The lowest BCUT2D eigenvalue weighted by molar-refractivity contribution is 0.630. The third-order valence-electron chi connectivity index (χ3n) is 5.26. The van der Waals surface area contributed by atoms with Gasteiger partial charge in [-0.3, -0.25) is 4.98 Å². The van der Waals surface area contributed by atoms with Crippen LogP contribution in [-0.4, -0.2) is 9.38 Å². The Morgan fingerprint density at radius 3 is 2.50 bits per heavy atom. The molecule has 5 aromatic rings. The van der Waals surface area contributed by atoms with Crippen molar-refractivity contribution < 1.29 is 4.39 Å². The minimum atomic E-state index is -0.250. The largest absolute Gasteiger partial charge is 0.309 e. The van der Waals surface area contributed by atoms with Crippen molar-refractivity contribution in [1.82, 2.24) is 14.7 Å². The molecule has 3 nitrogen and oxygen atoms in total. The van der Waals surface area contributed by atoms with E-state index in [0.717, 1.165) is 34.4 Å². The van der Waals surface area contributed by atoms with Crippen LogP contribution in [0.1, 0.15) is 11.1 Å².